The molecule has 0 radical (unpaired) electrons. The van der Waals surface area contributed by atoms with E-state index in [1.54, 1.807) is 6.92 Å². The number of hydrogen-bond acceptors (Lipinski definition) is 2. The number of nitrogens with one attached hydrogen (secondary N) is 1. The average Bonchev–Trinajstić information content (AvgIpc) is 2.27. The van der Waals surface area contributed by atoms with E-state index in [0.29, 0.717) is 6.54 Å². The van der Waals surface area contributed by atoms with E-state index < -0.39 is 24.1 Å². The Balaban J connectivity index is 2.76. The number of carboxylic acids is 1. The van der Waals surface area contributed by atoms with Crippen molar-refractivity contribution in [1.29, 1.82) is 0 Å². The molecule has 1 rings (SSSR count). The second-order valence-electron chi connectivity index (χ2n) is 4.43. The van der Waals surface area contributed by atoms with Crippen LogP contribution in [0.2, 0.25) is 0 Å². The van der Waals surface area contributed by atoms with Crippen molar-refractivity contribution in [3.05, 3.63) is 0 Å². The van der Waals surface area contributed by atoms with Crippen molar-refractivity contribution in [2.24, 2.45) is 5.92 Å². The predicted molar refractivity (Wildman–Crippen MR) is 63.4 cm³/mol. The second-order valence-corrected chi connectivity index (χ2v) is 4.43. The number of terminal acetylenes is 1. The third-order valence-electron chi connectivity index (χ3n) is 3.04. The minimum absolute atomic E-state index is 0.0341. The molecule has 1 aliphatic heterocycles. The molecule has 0 bridgehead atoms. The van der Waals surface area contributed by atoms with Crippen LogP contribution >= 0.6 is 0 Å². The van der Waals surface area contributed by atoms with Gasteiger partial charge in [0, 0.05) is 6.54 Å². The Bertz CT molecular complexity index is 348. The van der Waals surface area contributed by atoms with Gasteiger partial charge in [-0.1, -0.05) is 12.8 Å². The summed E-state index contributed by atoms with van der Waals surface area (Å²) in [5.74, 6) is 1.39. The van der Waals surface area contributed by atoms with Crippen molar-refractivity contribution >= 4 is 12.0 Å². The topological polar surface area (TPSA) is 69.6 Å². The van der Waals surface area contributed by atoms with Gasteiger partial charge in [0.2, 0.25) is 0 Å². The number of carbonyl (C=O) groups is 2. The largest absolute Gasteiger partial charge is 0.480 e. The first-order valence-electron chi connectivity index (χ1n) is 5.73. The maximum Gasteiger partial charge on any atom is 0.326 e. The lowest BCUT2D eigenvalue weighted by atomic mass is 9.91. The Morgan fingerprint density at radius 1 is 1.59 bits per heavy atom. The summed E-state index contributed by atoms with van der Waals surface area (Å²) in [6.07, 6.45) is 6.82. The Labute approximate surface area is 101 Å². The Kier molecular flexibility index (Phi) is 4.38. The van der Waals surface area contributed by atoms with Crippen molar-refractivity contribution in [3.8, 4) is 12.3 Å². The van der Waals surface area contributed by atoms with Gasteiger partial charge in [-0.25, -0.2) is 9.59 Å². The number of amides is 2. The summed E-state index contributed by atoms with van der Waals surface area (Å²) in [6.45, 7) is 3.99. The van der Waals surface area contributed by atoms with Crippen molar-refractivity contribution in [2.45, 2.75) is 38.8 Å². The third kappa shape index (κ3) is 3.13. The van der Waals surface area contributed by atoms with E-state index in [1.165, 1.54) is 4.90 Å². The zero-order chi connectivity index (χ0) is 13.0. The van der Waals surface area contributed by atoms with Crippen molar-refractivity contribution < 1.29 is 14.7 Å². The molecule has 0 aromatic carbocycles. The lowest BCUT2D eigenvalue weighted by molar-refractivity contribution is -0.145. The Morgan fingerprint density at radius 2 is 2.24 bits per heavy atom. The Hall–Kier alpha value is -1.70. The maximum absolute atomic E-state index is 11.9. The van der Waals surface area contributed by atoms with Gasteiger partial charge in [-0.15, -0.1) is 6.42 Å². The fraction of sp³-hybridized carbons (Fsp3) is 0.667. The molecule has 0 saturated carbocycles. The number of likely N-dealkylation sites (tertiary alicyclic amines) is 1. The molecular weight excluding hydrogens is 220 g/mol. The molecule has 94 valence electrons. The first kappa shape index (κ1) is 13.4. The summed E-state index contributed by atoms with van der Waals surface area (Å²) in [5, 5.41) is 11.7. The van der Waals surface area contributed by atoms with Gasteiger partial charge >= 0.3 is 12.0 Å². The molecule has 1 aliphatic rings. The van der Waals surface area contributed by atoms with Crippen molar-refractivity contribution in [1.82, 2.24) is 10.2 Å². The number of rotatable bonds is 2. The molecule has 2 N–H and O–H groups in total. The summed E-state index contributed by atoms with van der Waals surface area (Å²) in [7, 11) is 0. The molecule has 17 heavy (non-hydrogen) atoms. The second kappa shape index (κ2) is 5.58. The molecule has 5 nitrogen and oxygen atoms in total. The number of nitrogens with zero attached hydrogens (tertiary/aromatic N) is 1. The van der Waals surface area contributed by atoms with Crippen LogP contribution in [0.5, 0.6) is 0 Å². The molecular formula is C12H18N2O3. The van der Waals surface area contributed by atoms with Crippen molar-refractivity contribution in [2.75, 3.05) is 6.54 Å². The van der Waals surface area contributed by atoms with E-state index in [0.717, 1.165) is 12.8 Å². The molecule has 1 saturated heterocycles. The van der Waals surface area contributed by atoms with Gasteiger partial charge in [0.05, 0.1) is 6.04 Å². The first-order valence-corrected chi connectivity index (χ1v) is 5.73. The average molecular weight is 238 g/mol. The smallest absolute Gasteiger partial charge is 0.326 e. The van der Waals surface area contributed by atoms with Crippen LogP contribution in [0.15, 0.2) is 0 Å². The molecule has 1 heterocycles. The van der Waals surface area contributed by atoms with Gasteiger partial charge in [0.1, 0.15) is 6.04 Å². The van der Waals surface area contributed by atoms with Crippen LogP contribution < -0.4 is 5.32 Å². The number of carbonyl (C=O) groups excluding carboxylic acids is 1. The van der Waals surface area contributed by atoms with Gasteiger partial charge < -0.3 is 15.3 Å². The molecule has 5 heteroatoms. The van der Waals surface area contributed by atoms with Crippen LogP contribution in [0, 0.1) is 18.3 Å². The first-order chi connectivity index (χ1) is 7.97. The van der Waals surface area contributed by atoms with E-state index in [2.05, 4.69) is 11.2 Å². The number of urea groups is 1. The molecule has 0 aliphatic carbocycles. The highest BCUT2D eigenvalue weighted by atomic mass is 16.4. The van der Waals surface area contributed by atoms with E-state index in [-0.39, 0.29) is 5.92 Å². The zero-order valence-electron chi connectivity index (χ0n) is 10.1. The molecule has 3 atom stereocenters. The van der Waals surface area contributed by atoms with Gasteiger partial charge in [-0.3, -0.25) is 0 Å². The minimum Gasteiger partial charge on any atom is -0.480 e. The molecule has 0 aromatic heterocycles. The zero-order valence-corrected chi connectivity index (χ0v) is 10.1. The van der Waals surface area contributed by atoms with E-state index in [1.807, 2.05) is 6.92 Å². The summed E-state index contributed by atoms with van der Waals surface area (Å²) in [4.78, 5) is 24.4. The number of piperidine rings is 1. The fourth-order valence-corrected chi connectivity index (χ4v) is 2.10. The third-order valence-corrected chi connectivity index (χ3v) is 3.04. The minimum atomic E-state index is -0.958. The molecule has 3 unspecified atom stereocenters. The summed E-state index contributed by atoms with van der Waals surface area (Å²) in [6, 6.07) is -1.54. The number of aliphatic carboxylic acids is 1. The fourth-order valence-electron chi connectivity index (χ4n) is 2.10. The van der Waals surface area contributed by atoms with E-state index >= 15 is 0 Å². The summed E-state index contributed by atoms with van der Waals surface area (Å²) in [5.41, 5.74) is 0. The Morgan fingerprint density at radius 3 is 2.76 bits per heavy atom. The predicted octanol–water partition coefficient (Wildman–Crippen LogP) is 0.903. The van der Waals surface area contributed by atoms with E-state index in [4.69, 9.17) is 11.5 Å². The van der Waals surface area contributed by atoms with Crippen LogP contribution in [0.3, 0.4) is 0 Å². The standard InChI is InChI=1S/C12H18N2O3/c1-4-9(3)13-12(17)14-7-5-6-8(2)10(14)11(15)16/h1,8-10H,5-7H2,2-3H3,(H,13,17)(H,15,16). The van der Waals surface area contributed by atoms with Crippen molar-refractivity contribution in [3.63, 3.8) is 0 Å². The molecule has 0 aromatic rings. The number of carboxylic acid groups (broad SMARTS) is 1. The lowest BCUT2D eigenvalue weighted by Gasteiger charge is -2.37. The lowest BCUT2D eigenvalue weighted by Crippen LogP contribution is -2.56. The molecule has 0 spiro atoms. The maximum atomic E-state index is 11.9. The van der Waals surface area contributed by atoms with Crippen LogP contribution in [0.1, 0.15) is 26.7 Å². The summed E-state index contributed by atoms with van der Waals surface area (Å²) >= 11 is 0. The van der Waals surface area contributed by atoms with Crippen LogP contribution in [0.25, 0.3) is 0 Å². The van der Waals surface area contributed by atoms with Crippen LogP contribution in [-0.2, 0) is 4.79 Å². The molecule has 2 amide bonds. The highest BCUT2D eigenvalue weighted by Crippen LogP contribution is 2.23. The van der Waals surface area contributed by atoms with Gasteiger partial charge in [0.25, 0.3) is 0 Å². The highest BCUT2D eigenvalue weighted by molar-refractivity contribution is 5.83. The number of hydrogen-bond donors (Lipinski definition) is 2. The van der Waals surface area contributed by atoms with Gasteiger partial charge in [0.15, 0.2) is 0 Å². The molecule has 1 fully saturated rings. The van der Waals surface area contributed by atoms with Crippen LogP contribution in [0.4, 0.5) is 4.79 Å². The van der Waals surface area contributed by atoms with Gasteiger partial charge in [-0.05, 0) is 25.7 Å². The normalized spacial score (nSPS) is 25.8. The quantitative estimate of drug-likeness (QED) is 0.702. The van der Waals surface area contributed by atoms with Crippen LogP contribution in [-0.4, -0.2) is 40.6 Å². The van der Waals surface area contributed by atoms with E-state index in [9.17, 15) is 9.59 Å². The monoisotopic (exact) mass is 238 g/mol. The highest BCUT2D eigenvalue weighted by Gasteiger charge is 2.37. The SMILES string of the molecule is C#CC(C)NC(=O)N1CCCC(C)C1C(=O)O. The van der Waals surface area contributed by atoms with Gasteiger partial charge in [-0.2, -0.15) is 0 Å². The summed E-state index contributed by atoms with van der Waals surface area (Å²) < 4.78 is 0.